The minimum atomic E-state index is -0.611. The largest absolute Gasteiger partial charge is 0.493 e. The van der Waals surface area contributed by atoms with Crippen LogP contribution in [-0.2, 0) is 4.79 Å². The van der Waals surface area contributed by atoms with E-state index in [1.807, 2.05) is 0 Å². The van der Waals surface area contributed by atoms with Crippen LogP contribution in [0.5, 0.6) is 17.2 Å². The lowest BCUT2D eigenvalue weighted by Crippen LogP contribution is -2.24. The molecular weight excluding hydrogens is 535 g/mol. The van der Waals surface area contributed by atoms with E-state index in [0.717, 1.165) is 0 Å². The Kier molecular flexibility index (Phi) is 8.71. The van der Waals surface area contributed by atoms with Gasteiger partial charge in [-0.2, -0.15) is 5.10 Å². The van der Waals surface area contributed by atoms with E-state index >= 15 is 0 Å². The van der Waals surface area contributed by atoms with Crippen molar-refractivity contribution in [1.82, 2.24) is 5.43 Å². The zero-order valence-electron chi connectivity index (χ0n) is 17.2. The van der Waals surface area contributed by atoms with Crippen LogP contribution in [0.15, 0.2) is 70.2 Å². The number of hydrazone groups is 1. The lowest BCUT2D eigenvalue weighted by atomic mass is 10.2. The summed E-state index contributed by atoms with van der Waals surface area (Å²) in [6.07, 6.45) is 1.41. The number of hydrogen-bond acceptors (Lipinski definition) is 6. The predicted molar refractivity (Wildman–Crippen MR) is 130 cm³/mol. The number of carbonyl (C=O) groups excluding carboxylic acids is 2. The van der Waals surface area contributed by atoms with E-state index in [1.54, 1.807) is 60.7 Å². The molecule has 3 rings (SSSR count). The predicted octanol–water partition coefficient (Wildman–Crippen LogP) is 5.51. The van der Waals surface area contributed by atoms with Crippen molar-refractivity contribution in [2.24, 2.45) is 5.10 Å². The van der Waals surface area contributed by atoms with E-state index in [0.29, 0.717) is 26.6 Å². The third kappa shape index (κ3) is 6.95. The summed E-state index contributed by atoms with van der Waals surface area (Å²) in [4.78, 5) is 24.3. The lowest BCUT2D eigenvalue weighted by molar-refractivity contribution is -0.123. The van der Waals surface area contributed by atoms with Crippen LogP contribution in [-0.4, -0.2) is 31.8 Å². The van der Waals surface area contributed by atoms with Gasteiger partial charge in [-0.15, -0.1) is 0 Å². The van der Waals surface area contributed by atoms with Crippen molar-refractivity contribution in [2.45, 2.75) is 0 Å². The Morgan fingerprint density at radius 3 is 2.52 bits per heavy atom. The van der Waals surface area contributed by atoms with Gasteiger partial charge in [0.25, 0.3) is 5.91 Å². The molecular formula is C23H17BrCl2N2O5. The molecule has 0 saturated heterocycles. The van der Waals surface area contributed by atoms with Gasteiger partial charge in [0.05, 0.1) is 28.4 Å². The third-order valence-electron chi connectivity index (χ3n) is 4.14. The Bertz CT molecular complexity index is 1200. The number of esters is 1. The second-order valence-electron chi connectivity index (χ2n) is 6.44. The van der Waals surface area contributed by atoms with Crippen LogP contribution in [0.4, 0.5) is 0 Å². The maximum Gasteiger partial charge on any atom is 0.345 e. The number of amides is 1. The van der Waals surface area contributed by atoms with Gasteiger partial charge in [-0.1, -0.05) is 35.3 Å². The van der Waals surface area contributed by atoms with Crippen molar-refractivity contribution < 1.29 is 23.8 Å². The number of rotatable bonds is 8. The molecule has 33 heavy (non-hydrogen) atoms. The van der Waals surface area contributed by atoms with Crippen LogP contribution in [0.3, 0.4) is 0 Å². The first-order valence-electron chi connectivity index (χ1n) is 9.42. The lowest BCUT2D eigenvalue weighted by Gasteiger charge is -2.10. The van der Waals surface area contributed by atoms with Gasteiger partial charge in [0.15, 0.2) is 18.1 Å². The molecule has 0 aliphatic carbocycles. The first kappa shape index (κ1) is 24.6. The molecule has 1 N–H and O–H groups in total. The Labute approximate surface area is 208 Å². The maximum absolute atomic E-state index is 12.4. The van der Waals surface area contributed by atoms with E-state index in [1.165, 1.54) is 13.3 Å². The smallest absolute Gasteiger partial charge is 0.345 e. The number of ether oxygens (including phenoxy) is 3. The number of nitrogens with one attached hydrogen (secondary N) is 1. The number of halogens is 3. The maximum atomic E-state index is 12.4. The van der Waals surface area contributed by atoms with Gasteiger partial charge in [0, 0.05) is 5.02 Å². The summed E-state index contributed by atoms with van der Waals surface area (Å²) in [6, 6.07) is 16.3. The summed E-state index contributed by atoms with van der Waals surface area (Å²) in [7, 11) is 1.44. The van der Waals surface area contributed by atoms with Crippen molar-refractivity contribution in [3.63, 3.8) is 0 Å². The van der Waals surface area contributed by atoms with Crippen molar-refractivity contribution in [2.75, 3.05) is 13.7 Å². The molecule has 0 aliphatic rings. The van der Waals surface area contributed by atoms with Crippen LogP contribution in [0.25, 0.3) is 0 Å². The Hall–Kier alpha value is -3.07. The number of carbonyl (C=O) groups is 2. The molecule has 0 fully saturated rings. The Morgan fingerprint density at radius 2 is 1.79 bits per heavy atom. The second kappa shape index (κ2) is 11.7. The fraction of sp³-hybridized carbons (Fsp3) is 0.0870. The summed E-state index contributed by atoms with van der Waals surface area (Å²) in [5, 5.41) is 4.73. The standard InChI is InChI=1S/C23H17BrCl2N2O5/c1-31-21-10-14(6-8-20(21)33-23(30)16-4-2-3-5-18(16)26)12-27-28-22(29)13-32-19-9-7-15(25)11-17(19)24/h2-12H,13H2,1H3,(H,28,29)/b27-12+. The van der Waals surface area contributed by atoms with Gasteiger partial charge in [0.1, 0.15) is 5.75 Å². The van der Waals surface area contributed by atoms with Crippen LogP contribution in [0, 0.1) is 0 Å². The normalized spacial score (nSPS) is 10.7. The zero-order chi connectivity index (χ0) is 23.8. The SMILES string of the molecule is COc1cc(/C=N/NC(=O)COc2ccc(Cl)cc2Br)ccc1OC(=O)c1ccccc1Cl. The van der Waals surface area contributed by atoms with Gasteiger partial charge >= 0.3 is 5.97 Å². The fourth-order valence-corrected chi connectivity index (χ4v) is 3.59. The molecule has 7 nitrogen and oxygen atoms in total. The second-order valence-corrected chi connectivity index (χ2v) is 8.13. The summed E-state index contributed by atoms with van der Waals surface area (Å²) >= 11 is 15.2. The molecule has 0 radical (unpaired) electrons. The molecule has 1 amide bonds. The van der Waals surface area contributed by atoms with Crippen molar-refractivity contribution in [3.05, 3.63) is 86.3 Å². The third-order valence-corrected chi connectivity index (χ3v) is 5.32. The van der Waals surface area contributed by atoms with E-state index in [2.05, 4.69) is 26.5 Å². The molecule has 3 aromatic rings. The van der Waals surface area contributed by atoms with Crippen molar-refractivity contribution >= 4 is 57.2 Å². The average Bonchev–Trinajstić information content (AvgIpc) is 2.79. The minimum absolute atomic E-state index is 0.213. The Morgan fingerprint density at radius 1 is 1.03 bits per heavy atom. The number of benzene rings is 3. The highest BCUT2D eigenvalue weighted by Gasteiger charge is 2.15. The summed E-state index contributed by atoms with van der Waals surface area (Å²) < 4.78 is 16.7. The highest BCUT2D eigenvalue weighted by atomic mass is 79.9. The van der Waals surface area contributed by atoms with Gasteiger partial charge in [-0.05, 0) is 70.0 Å². The molecule has 0 heterocycles. The first-order valence-corrected chi connectivity index (χ1v) is 11.0. The molecule has 10 heteroatoms. The van der Waals surface area contributed by atoms with Gasteiger partial charge in [0.2, 0.25) is 0 Å². The van der Waals surface area contributed by atoms with E-state index in [-0.39, 0.29) is 22.9 Å². The monoisotopic (exact) mass is 550 g/mol. The summed E-state index contributed by atoms with van der Waals surface area (Å²) in [5.41, 5.74) is 3.21. The molecule has 0 bridgehead atoms. The molecule has 0 atom stereocenters. The summed E-state index contributed by atoms with van der Waals surface area (Å²) in [6.45, 7) is -0.238. The minimum Gasteiger partial charge on any atom is -0.493 e. The highest BCUT2D eigenvalue weighted by Crippen LogP contribution is 2.29. The molecule has 0 spiro atoms. The molecule has 170 valence electrons. The molecule has 0 aromatic heterocycles. The quantitative estimate of drug-likeness (QED) is 0.172. The zero-order valence-corrected chi connectivity index (χ0v) is 20.3. The molecule has 3 aromatic carbocycles. The van der Waals surface area contributed by atoms with Crippen molar-refractivity contribution in [1.29, 1.82) is 0 Å². The van der Waals surface area contributed by atoms with E-state index in [4.69, 9.17) is 37.4 Å². The molecule has 0 aliphatic heterocycles. The van der Waals surface area contributed by atoms with Crippen molar-refractivity contribution in [3.8, 4) is 17.2 Å². The molecule has 0 unspecified atom stereocenters. The number of nitrogens with zero attached hydrogens (tertiary/aromatic N) is 1. The first-order chi connectivity index (χ1) is 15.9. The Balaban J connectivity index is 1.58. The van der Waals surface area contributed by atoms with E-state index < -0.39 is 11.9 Å². The molecule has 0 saturated carbocycles. The van der Waals surface area contributed by atoms with Gasteiger partial charge in [-0.3, -0.25) is 4.79 Å². The summed E-state index contributed by atoms with van der Waals surface area (Å²) in [5.74, 6) is -0.0670. The average molecular weight is 552 g/mol. The van der Waals surface area contributed by atoms with E-state index in [9.17, 15) is 9.59 Å². The number of methoxy groups -OCH3 is 1. The van der Waals surface area contributed by atoms with Crippen LogP contribution < -0.4 is 19.6 Å². The van der Waals surface area contributed by atoms with Gasteiger partial charge < -0.3 is 14.2 Å². The van der Waals surface area contributed by atoms with Gasteiger partial charge in [-0.25, -0.2) is 10.2 Å². The number of hydrogen-bond donors (Lipinski definition) is 1. The topological polar surface area (TPSA) is 86.2 Å². The highest BCUT2D eigenvalue weighted by molar-refractivity contribution is 9.10. The van der Waals surface area contributed by atoms with Crippen LogP contribution in [0.2, 0.25) is 10.0 Å². The fourth-order valence-electron chi connectivity index (χ4n) is 2.58. The van der Waals surface area contributed by atoms with Crippen LogP contribution >= 0.6 is 39.1 Å². The van der Waals surface area contributed by atoms with Crippen LogP contribution in [0.1, 0.15) is 15.9 Å².